The van der Waals surface area contributed by atoms with Gasteiger partial charge < -0.3 is 5.32 Å². The number of nitrogens with one attached hydrogen (secondary N) is 1. The van der Waals surface area contributed by atoms with Gasteiger partial charge in [-0.15, -0.1) is 0 Å². The van der Waals surface area contributed by atoms with Crippen molar-refractivity contribution in [1.82, 2.24) is 9.97 Å². The van der Waals surface area contributed by atoms with Gasteiger partial charge in [0.15, 0.2) is 0 Å². The minimum Gasteiger partial charge on any atom is -0.338 e. The molecule has 0 unspecified atom stereocenters. The molecule has 3 rings (SSSR count). The molecule has 1 aromatic carbocycles. The number of nitrogens with zero attached hydrogens (tertiary/aromatic N) is 3. The van der Waals surface area contributed by atoms with E-state index < -0.39 is 0 Å². The third-order valence-electron chi connectivity index (χ3n) is 2.98. The first-order valence-electron chi connectivity index (χ1n) is 6.25. The molecule has 0 spiro atoms. The lowest BCUT2D eigenvalue weighted by Gasteiger charge is -2.09. The number of nitriles is 1. The molecule has 0 aliphatic heterocycles. The van der Waals surface area contributed by atoms with Crippen molar-refractivity contribution in [1.29, 1.82) is 5.26 Å². The van der Waals surface area contributed by atoms with Crippen molar-refractivity contribution < 1.29 is 0 Å². The van der Waals surface area contributed by atoms with Gasteiger partial charge in [0.05, 0.1) is 23.0 Å². The standard InChI is InChI=1S/C16H12N4/c1-11-6-14(10-18-9-11)19-16-13(8-17)7-12-4-2-3-5-15(12)20-16/h2-7,9-10H,1H3,(H,19,20). The molecule has 0 saturated carbocycles. The average molecular weight is 260 g/mol. The Hall–Kier alpha value is -2.93. The minimum atomic E-state index is 0.519. The Morgan fingerprint density at radius 2 is 2.00 bits per heavy atom. The van der Waals surface area contributed by atoms with Crippen molar-refractivity contribution in [3.63, 3.8) is 0 Å². The number of hydrogen-bond acceptors (Lipinski definition) is 4. The van der Waals surface area contributed by atoms with Crippen LogP contribution in [0.2, 0.25) is 0 Å². The van der Waals surface area contributed by atoms with Gasteiger partial charge in [0, 0.05) is 11.6 Å². The summed E-state index contributed by atoms with van der Waals surface area (Å²) in [5.41, 5.74) is 3.25. The lowest BCUT2D eigenvalue weighted by atomic mass is 10.1. The molecule has 20 heavy (non-hydrogen) atoms. The molecule has 4 nitrogen and oxygen atoms in total. The third kappa shape index (κ3) is 2.29. The molecule has 1 N–H and O–H groups in total. The van der Waals surface area contributed by atoms with E-state index in [9.17, 15) is 5.26 Å². The van der Waals surface area contributed by atoms with E-state index in [1.165, 1.54) is 0 Å². The van der Waals surface area contributed by atoms with Crippen LogP contribution in [0.5, 0.6) is 0 Å². The second-order valence-electron chi connectivity index (χ2n) is 4.57. The number of rotatable bonds is 2. The van der Waals surface area contributed by atoms with Crippen molar-refractivity contribution >= 4 is 22.4 Å². The highest BCUT2D eigenvalue weighted by Gasteiger charge is 2.07. The predicted molar refractivity (Wildman–Crippen MR) is 78.7 cm³/mol. The number of pyridine rings is 2. The minimum absolute atomic E-state index is 0.519. The van der Waals surface area contributed by atoms with Crippen molar-refractivity contribution in [2.75, 3.05) is 5.32 Å². The summed E-state index contributed by atoms with van der Waals surface area (Å²) in [6.45, 7) is 1.97. The first-order chi connectivity index (χ1) is 9.76. The molecule has 0 fully saturated rings. The Labute approximate surface area is 116 Å². The second-order valence-corrected chi connectivity index (χ2v) is 4.57. The molecule has 4 heteroatoms. The summed E-state index contributed by atoms with van der Waals surface area (Å²) in [4.78, 5) is 8.63. The number of para-hydroxylation sites is 1. The van der Waals surface area contributed by atoms with Crippen molar-refractivity contribution in [2.45, 2.75) is 6.92 Å². The van der Waals surface area contributed by atoms with Gasteiger partial charge in [-0.3, -0.25) is 4.98 Å². The van der Waals surface area contributed by atoms with Gasteiger partial charge in [0.1, 0.15) is 11.9 Å². The van der Waals surface area contributed by atoms with Crippen LogP contribution in [-0.2, 0) is 0 Å². The molecular weight excluding hydrogens is 248 g/mol. The molecule has 0 atom stereocenters. The summed E-state index contributed by atoms with van der Waals surface area (Å²) in [6.07, 6.45) is 3.50. The molecule has 0 amide bonds. The Morgan fingerprint density at radius 3 is 2.80 bits per heavy atom. The zero-order valence-electron chi connectivity index (χ0n) is 11.0. The summed E-state index contributed by atoms with van der Waals surface area (Å²) in [6, 6.07) is 13.7. The van der Waals surface area contributed by atoms with Gasteiger partial charge in [-0.1, -0.05) is 18.2 Å². The van der Waals surface area contributed by atoms with E-state index in [0.717, 1.165) is 22.2 Å². The van der Waals surface area contributed by atoms with E-state index in [0.29, 0.717) is 11.4 Å². The maximum Gasteiger partial charge on any atom is 0.149 e. The van der Waals surface area contributed by atoms with Crippen LogP contribution in [0.25, 0.3) is 10.9 Å². The van der Waals surface area contributed by atoms with Gasteiger partial charge >= 0.3 is 0 Å². The first kappa shape index (κ1) is 12.1. The van der Waals surface area contributed by atoms with Crippen LogP contribution in [0.4, 0.5) is 11.5 Å². The van der Waals surface area contributed by atoms with Crippen LogP contribution in [0.1, 0.15) is 11.1 Å². The van der Waals surface area contributed by atoms with Crippen LogP contribution in [0, 0.1) is 18.3 Å². The van der Waals surface area contributed by atoms with E-state index in [1.807, 2.05) is 43.3 Å². The lowest BCUT2D eigenvalue weighted by Crippen LogP contribution is -1.98. The van der Waals surface area contributed by atoms with Crippen LogP contribution in [0.3, 0.4) is 0 Å². The van der Waals surface area contributed by atoms with Gasteiger partial charge in [-0.25, -0.2) is 4.98 Å². The molecule has 0 radical (unpaired) electrons. The highest BCUT2D eigenvalue weighted by molar-refractivity contribution is 5.83. The Bertz CT molecular complexity index is 818. The van der Waals surface area contributed by atoms with E-state index in [4.69, 9.17) is 0 Å². The molecule has 96 valence electrons. The number of aromatic nitrogens is 2. The van der Waals surface area contributed by atoms with Crippen molar-refractivity contribution in [3.05, 3.63) is 59.9 Å². The SMILES string of the molecule is Cc1cncc(Nc2nc3ccccc3cc2C#N)c1. The maximum absolute atomic E-state index is 9.26. The highest BCUT2D eigenvalue weighted by atomic mass is 15.0. The Balaban J connectivity index is 2.08. The average Bonchev–Trinajstić information content (AvgIpc) is 2.46. The quantitative estimate of drug-likeness (QED) is 0.765. The zero-order chi connectivity index (χ0) is 13.9. The van der Waals surface area contributed by atoms with Crippen LogP contribution in [-0.4, -0.2) is 9.97 Å². The van der Waals surface area contributed by atoms with Crippen molar-refractivity contribution in [3.8, 4) is 6.07 Å². The predicted octanol–water partition coefficient (Wildman–Crippen LogP) is 3.55. The van der Waals surface area contributed by atoms with Gasteiger partial charge in [-0.05, 0) is 30.7 Å². The summed E-state index contributed by atoms with van der Waals surface area (Å²) in [7, 11) is 0. The van der Waals surface area contributed by atoms with E-state index in [2.05, 4.69) is 21.4 Å². The second kappa shape index (κ2) is 4.98. The molecule has 0 aliphatic rings. The zero-order valence-corrected chi connectivity index (χ0v) is 11.0. The first-order valence-corrected chi connectivity index (χ1v) is 6.25. The normalized spacial score (nSPS) is 10.2. The lowest BCUT2D eigenvalue weighted by molar-refractivity contribution is 1.25. The van der Waals surface area contributed by atoms with Crippen LogP contribution in [0.15, 0.2) is 48.8 Å². The number of aryl methyl sites for hydroxylation is 1. The Kier molecular flexibility index (Phi) is 3.02. The molecular formula is C16H12N4. The smallest absolute Gasteiger partial charge is 0.149 e. The molecule has 0 bridgehead atoms. The Morgan fingerprint density at radius 1 is 1.15 bits per heavy atom. The van der Waals surface area contributed by atoms with E-state index >= 15 is 0 Å². The fraction of sp³-hybridized carbons (Fsp3) is 0.0625. The van der Waals surface area contributed by atoms with Crippen LogP contribution >= 0.6 is 0 Å². The van der Waals surface area contributed by atoms with Gasteiger partial charge in [0.2, 0.25) is 0 Å². The third-order valence-corrected chi connectivity index (χ3v) is 2.98. The number of anilines is 2. The molecule has 3 aromatic rings. The number of fused-ring (bicyclic) bond motifs is 1. The van der Waals surface area contributed by atoms with E-state index in [1.54, 1.807) is 12.4 Å². The monoisotopic (exact) mass is 260 g/mol. The van der Waals surface area contributed by atoms with Gasteiger partial charge in [0.25, 0.3) is 0 Å². The maximum atomic E-state index is 9.26. The molecule has 2 heterocycles. The molecule has 2 aromatic heterocycles. The van der Waals surface area contributed by atoms with Crippen molar-refractivity contribution in [2.24, 2.45) is 0 Å². The summed E-state index contributed by atoms with van der Waals surface area (Å²) >= 11 is 0. The summed E-state index contributed by atoms with van der Waals surface area (Å²) < 4.78 is 0. The van der Waals surface area contributed by atoms with Gasteiger partial charge in [-0.2, -0.15) is 5.26 Å². The largest absolute Gasteiger partial charge is 0.338 e. The van der Waals surface area contributed by atoms with E-state index in [-0.39, 0.29) is 0 Å². The fourth-order valence-electron chi connectivity index (χ4n) is 2.06. The van der Waals surface area contributed by atoms with Crippen LogP contribution < -0.4 is 5.32 Å². The fourth-order valence-corrected chi connectivity index (χ4v) is 2.06. The number of hydrogen-bond donors (Lipinski definition) is 1. The molecule has 0 aliphatic carbocycles. The summed E-state index contributed by atoms with van der Waals surface area (Å²) in [5, 5.41) is 13.4. The highest BCUT2D eigenvalue weighted by Crippen LogP contribution is 2.23. The topological polar surface area (TPSA) is 61.6 Å². The summed E-state index contributed by atoms with van der Waals surface area (Å²) in [5.74, 6) is 0.554. The molecule has 0 saturated heterocycles. The number of benzene rings is 1.